The van der Waals surface area contributed by atoms with Crippen LogP contribution in [0.5, 0.6) is 0 Å². The van der Waals surface area contributed by atoms with Crippen molar-refractivity contribution in [3.8, 4) is 0 Å². The number of amides is 1. The van der Waals surface area contributed by atoms with Crippen LogP contribution < -0.4 is 5.32 Å². The third kappa shape index (κ3) is 3.38. The van der Waals surface area contributed by atoms with Crippen LogP contribution >= 0.6 is 15.9 Å². The molecule has 0 saturated carbocycles. The van der Waals surface area contributed by atoms with Gasteiger partial charge < -0.3 is 5.32 Å². The van der Waals surface area contributed by atoms with Crippen LogP contribution in [0.2, 0.25) is 0 Å². The molecule has 0 aliphatic carbocycles. The molecule has 0 aliphatic rings. The van der Waals surface area contributed by atoms with E-state index in [-0.39, 0.29) is 5.69 Å². The smallest absolute Gasteiger partial charge is 0.255 e. The van der Waals surface area contributed by atoms with Gasteiger partial charge in [0.05, 0.1) is 5.69 Å². The predicted molar refractivity (Wildman–Crippen MR) is 73.4 cm³/mol. The highest BCUT2D eigenvalue weighted by atomic mass is 79.9. The molecule has 2 aromatic carbocycles. The van der Waals surface area contributed by atoms with Crippen molar-refractivity contribution in [3.63, 3.8) is 0 Å². The fourth-order valence-corrected chi connectivity index (χ4v) is 1.93. The van der Waals surface area contributed by atoms with E-state index in [1.807, 2.05) is 6.07 Å². The Morgan fingerprint density at radius 2 is 1.95 bits per heavy atom. The summed E-state index contributed by atoms with van der Waals surface area (Å²) in [6.07, 6.45) is 0. The van der Waals surface area contributed by atoms with Gasteiger partial charge in [0.15, 0.2) is 0 Å². The van der Waals surface area contributed by atoms with Crippen LogP contribution in [-0.4, -0.2) is 5.91 Å². The van der Waals surface area contributed by atoms with E-state index in [1.165, 1.54) is 0 Å². The summed E-state index contributed by atoms with van der Waals surface area (Å²) in [5.74, 6) is -1.76. The van der Waals surface area contributed by atoms with Gasteiger partial charge in [-0.3, -0.25) is 4.79 Å². The molecule has 0 aliphatic heterocycles. The van der Waals surface area contributed by atoms with E-state index < -0.39 is 17.5 Å². The Hall–Kier alpha value is -1.75. The molecule has 2 nitrogen and oxygen atoms in total. The maximum absolute atomic E-state index is 13.4. The number of carbonyl (C=O) groups excluding carboxylic acids is 1. The van der Waals surface area contributed by atoms with Gasteiger partial charge in [0, 0.05) is 17.0 Å². The highest BCUT2D eigenvalue weighted by Crippen LogP contribution is 2.17. The van der Waals surface area contributed by atoms with Crippen molar-refractivity contribution in [2.75, 3.05) is 5.32 Å². The molecule has 2 rings (SSSR count). The van der Waals surface area contributed by atoms with E-state index in [4.69, 9.17) is 0 Å². The van der Waals surface area contributed by atoms with E-state index in [2.05, 4.69) is 21.2 Å². The lowest BCUT2D eigenvalue weighted by molar-refractivity contribution is 0.102. The lowest BCUT2D eigenvalue weighted by atomic mass is 10.1. The Labute approximate surface area is 117 Å². The van der Waals surface area contributed by atoms with Gasteiger partial charge in [-0.15, -0.1) is 0 Å². The molecule has 0 atom stereocenters. The molecule has 98 valence electrons. The second-order valence-corrected chi connectivity index (χ2v) is 4.47. The zero-order chi connectivity index (χ0) is 13.8. The minimum atomic E-state index is -0.675. The van der Waals surface area contributed by atoms with Crippen LogP contribution in [0, 0.1) is 11.6 Å². The maximum atomic E-state index is 13.4. The molecule has 0 bridgehead atoms. The number of alkyl halides is 1. The SMILES string of the molecule is O=C(Nc1cc(F)ccc1F)c1cccc(CBr)c1. The van der Waals surface area contributed by atoms with E-state index in [0.29, 0.717) is 10.9 Å². The Balaban J connectivity index is 2.22. The molecular weight excluding hydrogens is 316 g/mol. The number of rotatable bonds is 3. The third-order valence-electron chi connectivity index (χ3n) is 2.52. The Bertz CT molecular complexity index is 616. The fourth-order valence-electron chi connectivity index (χ4n) is 1.58. The average Bonchev–Trinajstić information content (AvgIpc) is 2.43. The summed E-state index contributed by atoms with van der Waals surface area (Å²) >= 11 is 3.29. The van der Waals surface area contributed by atoms with Crippen molar-refractivity contribution < 1.29 is 13.6 Å². The number of anilines is 1. The molecule has 1 N–H and O–H groups in total. The van der Waals surface area contributed by atoms with E-state index in [0.717, 1.165) is 23.8 Å². The molecule has 0 radical (unpaired) electrons. The summed E-state index contributed by atoms with van der Waals surface area (Å²) in [6, 6.07) is 9.79. The molecule has 0 saturated heterocycles. The highest BCUT2D eigenvalue weighted by molar-refractivity contribution is 9.08. The van der Waals surface area contributed by atoms with Gasteiger partial charge >= 0.3 is 0 Å². The van der Waals surface area contributed by atoms with Crippen LogP contribution in [0.15, 0.2) is 42.5 Å². The molecule has 2 aromatic rings. The molecular formula is C14H10BrF2NO. The lowest BCUT2D eigenvalue weighted by Gasteiger charge is -2.07. The van der Waals surface area contributed by atoms with Crippen molar-refractivity contribution in [2.45, 2.75) is 5.33 Å². The van der Waals surface area contributed by atoms with Crippen LogP contribution in [0.4, 0.5) is 14.5 Å². The van der Waals surface area contributed by atoms with Gasteiger partial charge in [-0.05, 0) is 29.8 Å². The van der Waals surface area contributed by atoms with Gasteiger partial charge in [-0.1, -0.05) is 28.1 Å². The monoisotopic (exact) mass is 325 g/mol. The van der Waals surface area contributed by atoms with Crippen molar-refractivity contribution >= 4 is 27.5 Å². The summed E-state index contributed by atoms with van der Waals surface area (Å²) < 4.78 is 26.4. The second-order valence-electron chi connectivity index (χ2n) is 3.91. The normalized spacial score (nSPS) is 10.3. The van der Waals surface area contributed by atoms with E-state index >= 15 is 0 Å². The molecule has 0 heterocycles. The second kappa shape index (κ2) is 5.93. The van der Waals surface area contributed by atoms with Gasteiger partial charge in [0.2, 0.25) is 0 Å². The van der Waals surface area contributed by atoms with Crippen LogP contribution in [0.1, 0.15) is 15.9 Å². The Kier molecular flexibility index (Phi) is 4.27. The largest absolute Gasteiger partial charge is 0.319 e. The lowest BCUT2D eigenvalue weighted by Crippen LogP contribution is -2.13. The minimum Gasteiger partial charge on any atom is -0.319 e. The van der Waals surface area contributed by atoms with E-state index in [1.54, 1.807) is 18.2 Å². The molecule has 0 fully saturated rings. The average molecular weight is 326 g/mol. The summed E-state index contributed by atoms with van der Waals surface area (Å²) in [6.45, 7) is 0. The first kappa shape index (κ1) is 13.7. The van der Waals surface area contributed by atoms with Crippen molar-refractivity contribution in [1.29, 1.82) is 0 Å². The van der Waals surface area contributed by atoms with E-state index in [9.17, 15) is 13.6 Å². The summed E-state index contributed by atoms with van der Waals surface area (Å²) in [4.78, 5) is 11.9. The maximum Gasteiger partial charge on any atom is 0.255 e. The minimum absolute atomic E-state index is 0.172. The first-order valence-corrected chi connectivity index (χ1v) is 6.63. The molecule has 5 heteroatoms. The molecule has 0 aromatic heterocycles. The van der Waals surface area contributed by atoms with Crippen LogP contribution in [0.3, 0.4) is 0 Å². The van der Waals surface area contributed by atoms with Gasteiger partial charge in [-0.25, -0.2) is 8.78 Å². The topological polar surface area (TPSA) is 29.1 Å². The number of hydrogen-bond donors (Lipinski definition) is 1. The molecule has 19 heavy (non-hydrogen) atoms. The fraction of sp³-hybridized carbons (Fsp3) is 0.0714. The van der Waals surface area contributed by atoms with Crippen molar-refractivity contribution in [2.24, 2.45) is 0 Å². The number of benzene rings is 2. The zero-order valence-corrected chi connectivity index (χ0v) is 11.4. The van der Waals surface area contributed by atoms with Crippen molar-refractivity contribution in [3.05, 3.63) is 65.2 Å². The quantitative estimate of drug-likeness (QED) is 0.845. The summed E-state index contributed by atoms with van der Waals surface area (Å²) in [5.41, 5.74) is 1.14. The molecule has 0 spiro atoms. The van der Waals surface area contributed by atoms with Gasteiger partial charge in [0.1, 0.15) is 11.6 Å². The van der Waals surface area contributed by atoms with Gasteiger partial charge in [0.25, 0.3) is 5.91 Å². The highest BCUT2D eigenvalue weighted by Gasteiger charge is 2.10. The van der Waals surface area contributed by atoms with Gasteiger partial charge in [-0.2, -0.15) is 0 Å². The standard InChI is InChI=1S/C14H10BrF2NO/c15-8-9-2-1-3-10(6-9)14(19)18-13-7-11(16)4-5-12(13)17/h1-7H,8H2,(H,18,19). The first-order chi connectivity index (χ1) is 9.10. The zero-order valence-electron chi connectivity index (χ0n) is 9.79. The summed E-state index contributed by atoms with van der Waals surface area (Å²) in [5, 5.41) is 2.96. The Morgan fingerprint density at radius 3 is 2.68 bits per heavy atom. The first-order valence-electron chi connectivity index (χ1n) is 5.51. The number of halogens is 3. The number of hydrogen-bond acceptors (Lipinski definition) is 1. The number of carbonyl (C=O) groups is 1. The summed E-state index contributed by atoms with van der Waals surface area (Å²) in [7, 11) is 0. The van der Waals surface area contributed by atoms with Crippen LogP contribution in [-0.2, 0) is 5.33 Å². The number of nitrogens with one attached hydrogen (secondary N) is 1. The molecule has 0 unspecified atom stereocenters. The predicted octanol–water partition coefficient (Wildman–Crippen LogP) is 4.11. The third-order valence-corrected chi connectivity index (χ3v) is 3.17. The van der Waals surface area contributed by atoms with Crippen molar-refractivity contribution in [1.82, 2.24) is 0 Å². The Morgan fingerprint density at radius 1 is 1.16 bits per heavy atom. The van der Waals surface area contributed by atoms with Crippen LogP contribution in [0.25, 0.3) is 0 Å². The molecule has 1 amide bonds.